The van der Waals surface area contributed by atoms with E-state index < -0.39 is 28.7 Å². The lowest BCUT2D eigenvalue weighted by molar-refractivity contribution is -0.386. The highest BCUT2D eigenvalue weighted by atomic mass is 16.6. The average molecular weight is 320 g/mol. The summed E-state index contributed by atoms with van der Waals surface area (Å²) in [7, 11) is 0. The summed E-state index contributed by atoms with van der Waals surface area (Å²) in [6.07, 6.45) is 4.47. The zero-order valence-electron chi connectivity index (χ0n) is 14.0. The number of ether oxygens (including phenoxy) is 3. The Kier molecular flexibility index (Phi) is 3.49. The molecule has 6 atom stereocenters. The second kappa shape index (κ2) is 4.94. The van der Waals surface area contributed by atoms with Gasteiger partial charge in [-0.3, -0.25) is 0 Å². The summed E-state index contributed by atoms with van der Waals surface area (Å²) >= 11 is 0. The lowest BCUT2D eigenvalue weighted by atomic mass is 9.50. The molecule has 3 fully saturated rings. The quantitative estimate of drug-likeness (QED) is 0.575. The van der Waals surface area contributed by atoms with Crippen molar-refractivity contribution in [2.24, 2.45) is 11.8 Å². The molecule has 2 aliphatic carbocycles. The predicted octanol–water partition coefficient (Wildman–Crippen LogP) is 2.55. The van der Waals surface area contributed by atoms with Gasteiger partial charge in [-0.15, -0.1) is 0 Å². The number of carbonyl (C=O) groups is 2. The van der Waals surface area contributed by atoms with Gasteiger partial charge in [0.2, 0.25) is 0 Å². The number of carbonyl (C=O) groups excluding carboxylic acids is 2. The number of rotatable bonds is 5. The first kappa shape index (κ1) is 16.2. The minimum atomic E-state index is -0.935. The molecule has 0 aromatic heterocycles. The van der Waals surface area contributed by atoms with E-state index in [0.29, 0.717) is 12.8 Å². The monoisotopic (exact) mass is 320 g/mol. The molecule has 0 N–H and O–H groups in total. The van der Waals surface area contributed by atoms with Gasteiger partial charge in [-0.2, -0.15) is 0 Å². The Hall–Kier alpha value is -1.62. The molecule has 2 saturated carbocycles. The van der Waals surface area contributed by atoms with E-state index in [9.17, 15) is 9.59 Å². The minimum Gasteiger partial charge on any atom is -0.451 e. The van der Waals surface area contributed by atoms with Crippen LogP contribution in [-0.4, -0.2) is 34.8 Å². The van der Waals surface area contributed by atoms with E-state index in [1.54, 1.807) is 0 Å². The fourth-order valence-corrected chi connectivity index (χ4v) is 4.75. The smallest absolute Gasteiger partial charge is 0.330 e. The molecule has 5 heteroatoms. The molecule has 3 aliphatic rings. The summed E-state index contributed by atoms with van der Waals surface area (Å²) in [5, 5.41) is 0. The van der Waals surface area contributed by atoms with E-state index in [4.69, 9.17) is 14.2 Å². The van der Waals surface area contributed by atoms with Crippen LogP contribution in [0.5, 0.6) is 0 Å². The van der Waals surface area contributed by atoms with Gasteiger partial charge in [0.25, 0.3) is 0 Å². The molecule has 126 valence electrons. The first-order valence-corrected chi connectivity index (χ1v) is 8.15. The van der Waals surface area contributed by atoms with E-state index in [0.717, 1.165) is 18.6 Å². The van der Waals surface area contributed by atoms with Gasteiger partial charge in [-0.25, -0.2) is 9.59 Å². The summed E-state index contributed by atoms with van der Waals surface area (Å²) in [6.45, 7) is 13.0. The first-order valence-electron chi connectivity index (χ1n) is 8.15. The molecule has 0 aromatic rings. The zero-order valence-corrected chi connectivity index (χ0v) is 14.0. The van der Waals surface area contributed by atoms with E-state index in [1.165, 1.54) is 0 Å². The molecular weight excluding hydrogens is 296 g/mol. The van der Waals surface area contributed by atoms with Crippen LogP contribution in [0, 0.1) is 11.8 Å². The van der Waals surface area contributed by atoms with Crippen molar-refractivity contribution in [3.63, 3.8) is 0 Å². The van der Waals surface area contributed by atoms with Crippen molar-refractivity contribution in [3.05, 3.63) is 25.3 Å². The highest BCUT2D eigenvalue weighted by Crippen LogP contribution is 2.72. The molecule has 1 heterocycles. The second-order valence-electron chi connectivity index (χ2n) is 7.20. The highest BCUT2D eigenvalue weighted by Gasteiger charge is 2.85. The molecule has 23 heavy (non-hydrogen) atoms. The van der Waals surface area contributed by atoms with Crippen LogP contribution in [0.3, 0.4) is 0 Å². The van der Waals surface area contributed by atoms with Crippen molar-refractivity contribution in [2.45, 2.75) is 62.9 Å². The SMILES string of the molecule is C=CC(=O)OC1(C2(OC(=O)C=C)CC(C)C23CC(C)O3)CC1C. The minimum absolute atomic E-state index is 0.105. The van der Waals surface area contributed by atoms with Crippen molar-refractivity contribution in [1.29, 1.82) is 0 Å². The summed E-state index contributed by atoms with van der Waals surface area (Å²) in [4.78, 5) is 23.9. The fraction of sp³-hybridized carbons (Fsp3) is 0.667. The maximum atomic E-state index is 12.0. The molecule has 0 amide bonds. The molecule has 0 aromatic carbocycles. The van der Waals surface area contributed by atoms with Crippen LogP contribution >= 0.6 is 0 Å². The number of hydrogen-bond acceptors (Lipinski definition) is 5. The summed E-state index contributed by atoms with van der Waals surface area (Å²) in [6, 6.07) is 0. The number of hydrogen-bond donors (Lipinski definition) is 0. The fourth-order valence-electron chi connectivity index (χ4n) is 4.75. The van der Waals surface area contributed by atoms with Crippen LogP contribution in [0.2, 0.25) is 0 Å². The van der Waals surface area contributed by atoms with Crippen LogP contribution in [0.25, 0.3) is 0 Å². The van der Waals surface area contributed by atoms with Crippen molar-refractivity contribution < 1.29 is 23.8 Å². The summed E-state index contributed by atoms with van der Waals surface area (Å²) in [5.74, 6) is -0.658. The topological polar surface area (TPSA) is 61.8 Å². The Labute approximate surface area is 136 Å². The highest BCUT2D eigenvalue weighted by molar-refractivity contribution is 5.83. The van der Waals surface area contributed by atoms with E-state index >= 15 is 0 Å². The molecule has 1 spiro atoms. The van der Waals surface area contributed by atoms with Crippen molar-refractivity contribution in [3.8, 4) is 0 Å². The predicted molar refractivity (Wildman–Crippen MR) is 83.5 cm³/mol. The molecule has 0 bridgehead atoms. The van der Waals surface area contributed by atoms with E-state index in [1.807, 2.05) is 13.8 Å². The van der Waals surface area contributed by atoms with Gasteiger partial charge >= 0.3 is 11.9 Å². The standard InChI is InChI=1S/C18H24O5/c1-6-14(19)22-16(8-11(16)3)18(23-15(20)7-2)9-12(4)17(18)10-13(5)21-17/h6-7,11-13H,1-2,8-10H2,3-5H3. The van der Waals surface area contributed by atoms with E-state index in [-0.39, 0.29) is 17.9 Å². The van der Waals surface area contributed by atoms with Crippen LogP contribution in [-0.2, 0) is 23.8 Å². The molecule has 5 nitrogen and oxygen atoms in total. The van der Waals surface area contributed by atoms with Gasteiger partial charge < -0.3 is 14.2 Å². The molecule has 1 saturated heterocycles. The summed E-state index contributed by atoms with van der Waals surface area (Å²) in [5.41, 5.74) is -2.34. The molecule has 1 aliphatic heterocycles. The molecule has 6 unspecified atom stereocenters. The Morgan fingerprint density at radius 3 is 1.91 bits per heavy atom. The van der Waals surface area contributed by atoms with Gasteiger partial charge in [0, 0.05) is 24.5 Å². The lowest BCUT2D eigenvalue weighted by Crippen LogP contribution is -2.82. The largest absolute Gasteiger partial charge is 0.451 e. The van der Waals surface area contributed by atoms with Crippen LogP contribution < -0.4 is 0 Å². The first-order chi connectivity index (χ1) is 10.8. The third-order valence-electron chi connectivity index (χ3n) is 5.90. The second-order valence-corrected chi connectivity index (χ2v) is 7.20. The Bertz CT molecular complexity index is 576. The Morgan fingerprint density at radius 1 is 1.00 bits per heavy atom. The summed E-state index contributed by atoms with van der Waals surface area (Å²) < 4.78 is 17.7. The number of esters is 2. The van der Waals surface area contributed by atoms with Crippen LogP contribution in [0.4, 0.5) is 0 Å². The van der Waals surface area contributed by atoms with Gasteiger partial charge in [-0.1, -0.05) is 27.0 Å². The van der Waals surface area contributed by atoms with Gasteiger partial charge in [0.15, 0.2) is 11.2 Å². The molecule has 0 radical (unpaired) electrons. The normalized spacial score (nSPS) is 47.0. The van der Waals surface area contributed by atoms with Gasteiger partial charge in [0.1, 0.15) is 5.60 Å². The van der Waals surface area contributed by atoms with Crippen LogP contribution in [0.1, 0.15) is 40.0 Å². The third-order valence-corrected chi connectivity index (χ3v) is 5.90. The lowest BCUT2D eigenvalue weighted by Gasteiger charge is -2.69. The zero-order chi connectivity index (χ0) is 17.0. The van der Waals surface area contributed by atoms with Crippen molar-refractivity contribution in [2.75, 3.05) is 0 Å². The van der Waals surface area contributed by atoms with Gasteiger partial charge in [0.05, 0.1) is 6.10 Å². The van der Waals surface area contributed by atoms with E-state index in [2.05, 4.69) is 20.1 Å². The Morgan fingerprint density at radius 2 is 1.52 bits per heavy atom. The Balaban J connectivity index is 2.00. The molecule has 3 rings (SSSR count). The van der Waals surface area contributed by atoms with Crippen molar-refractivity contribution in [1.82, 2.24) is 0 Å². The maximum absolute atomic E-state index is 12.0. The van der Waals surface area contributed by atoms with Crippen molar-refractivity contribution >= 4 is 11.9 Å². The maximum Gasteiger partial charge on any atom is 0.330 e. The molecular formula is C18H24O5. The average Bonchev–Trinajstić information content (AvgIpc) is 3.13. The van der Waals surface area contributed by atoms with Gasteiger partial charge in [-0.05, 0) is 25.7 Å². The third kappa shape index (κ3) is 1.89. The van der Waals surface area contributed by atoms with Crippen LogP contribution in [0.15, 0.2) is 25.3 Å².